The molecule has 6 nitrogen and oxygen atoms in total. The summed E-state index contributed by atoms with van der Waals surface area (Å²) in [6.07, 6.45) is 6.59. The van der Waals surface area contributed by atoms with Gasteiger partial charge in [0.1, 0.15) is 0 Å². The Morgan fingerprint density at radius 1 is 1.38 bits per heavy atom. The van der Waals surface area contributed by atoms with E-state index in [0.29, 0.717) is 5.92 Å². The molecule has 0 spiro atoms. The highest BCUT2D eigenvalue weighted by Crippen LogP contribution is 2.49. The van der Waals surface area contributed by atoms with Crippen LogP contribution in [0, 0.1) is 17.8 Å². The first kappa shape index (κ1) is 16.7. The molecule has 0 unspecified atom stereocenters. The largest absolute Gasteiger partial charge is 0.452 e. The molecule has 0 aliphatic heterocycles. The van der Waals surface area contributed by atoms with E-state index >= 15 is 0 Å². The zero-order valence-corrected chi connectivity index (χ0v) is 14.2. The van der Waals surface area contributed by atoms with Crippen LogP contribution in [0.1, 0.15) is 43.0 Å². The van der Waals surface area contributed by atoms with Gasteiger partial charge in [-0.25, -0.2) is 4.79 Å². The quantitative estimate of drug-likeness (QED) is 0.829. The fourth-order valence-corrected chi connectivity index (χ4v) is 4.20. The van der Waals surface area contributed by atoms with Crippen LogP contribution in [0.4, 0.5) is 0 Å². The van der Waals surface area contributed by atoms with E-state index in [1.165, 1.54) is 48.6 Å². The summed E-state index contributed by atoms with van der Waals surface area (Å²) >= 11 is 0. The number of hydrogen-bond donors (Lipinski definition) is 1. The molecule has 2 saturated carbocycles. The molecule has 130 valence electrons. The number of aryl methyl sites for hydroxylation is 1. The van der Waals surface area contributed by atoms with Crippen LogP contribution < -0.4 is 10.9 Å². The molecule has 2 bridgehead atoms. The van der Waals surface area contributed by atoms with Gasteiger partial charge in [-0.3, -0.25) is 9.59 Å². The molecule has 0 radical (unpaired) electrons. The van der Waals surface area contributed by atoms with E-state index < -0.39 is 5.97 Å². The Hall–Kier alpha value is -2.11. The summed E-state index contributed by atoms with van der Waals surface area (Å²) in [5.74, 6) is 1.16. The fourth-order valence-electron chi connectivity index (χ4n) is 4.20. The van der Waals surface area contributed by atoms with E-state index in [0.717, 1.165) is 11.8 Å². The first-order valence-electron chi connectivity index (χ1n) is 8.57. The number of ether oxygens (including phenoxy) is 1. The summed E-state index contributed by atoms with van der Waals surface area (Å²) in [7, 11) is 1.60. The van der Waals surface area contributed by atoms with Crippen molar-refractivity contribution in [3.05, 3.63) is 34.2 Å². The van der Waals surface area contributed by atoms with E-state index in [2.05, 4.69) is 5.32 Å². The predicted octanol–water partition coefficient (Wildman–Crippen LogP) is 1.48. The molecule has 1 N–H and O–H groups in total. The van der Waals surface area contributed by atoms with E-state index in [1.807, 2.05) is 6.92 Å². The van der Waals surface area contributed by atoms with Gasteiger partial charge in [0.25, 0.3) is 11.5 Å². The normalized spacial score (nSPS) is 26.2. The van der Waals surface area contributed by atoms with Gasteiger partial charge in [0.2, 0.25) is 0 Å². The first-order valence-corrected chi connectivity index (χ1v) is 8.57. The molecule has 0 aromatic carbocycles. The molecule has 3 rings (SSSR count). The number of nitrogens with one attached hydrogen (secondary N) is 1. The predicted molar refractivity (Wildman–Crippen MR) is 88.5 cm³/mol. The average Bonchev–Trinajstić information content (AvgIpc) is 3.18. The van der Waals surface area contributed by atoms with Gasteiger partial charge in [0.15, 0.2) is 6.61 Å². The molecule has 0 saturated heterocycles. The van der Waals surface area contributed by atoms with Gasteiger partial charge in [-0.2, -0.15) is 0 Å². The Morgan fingerprint density at radius 2 is 2.17 bits per heavy atom. The van der Waals surface area contributed by atoms with Gasteiger partial charge >= 0.3 is 5.97 Å². The maximum Gasteiger partial charge on any atom is 0.338 e. The lowest BCUT2D eigenvalue weighted by atomic mass is 9.84. The van der Waals surface area contributed by atoms with Gasteiger partial charge in [0, 0.05) is 25.4 Å². The molecule has 24 heavy (non-hydrogen) atoms. The number of nitrogens with zero attached hydrogens (tertiary/aromatic N) is 1. The van der Waals surface area contributed by atoms with Crippen LogP contribution in [-0.4, -0.2) is 29.1 Å². The van der Waals surface area contributed by atoms with Crippen molar-refractivity contribution < 1.29 is 14.3 Å². The minimum absolute atomic E-state index is 0.107. The smallest absolute Gasteiger partial charge is 0.338 e. The molecule has 1 aromatic heterocycles. The van der Waals surface area contributed by atoms with Crippen LogP contribution >= 0.6 is 0 Å². The molecule has 6 heteroatoms. The minimum Gasteiger partial charge on any atom is -0.452 e. The Bertz CT molecular complexity index is 697. The van der Waals surface area contributed by atoms with Gasteiger partial charge in [-0.1, -0.05) is 6.42 Å². The zero-order chi connectivity index (χ0) is 17.3. The monoisotopic (exact) mass is 332 g/mol. The number of pyridine rings is 1. The van der Waals surface area contributed by atoms with Crippen molar-refractivity contribution in [3.8, 4) is 0 Å². The Balaban J connectivity index is 1.47. The summed E-state index contributed by atoms with van der Waals surface area (Å²) in [6, 6.07) is 2.81. The number of aromatic nitrogens is 1. The van der Waals surface area contributed by atoms with Gasteiger partial charge in [0.05, 0.1) is 5.56 Å². The standard InChI is InChI=1S/C18H24N2O4/c1-11(15-8-12-3-4-13(15)7-12)19-16(21)10-24-18(23)14-5-6-20(2)17(22)9-14/h5-6,9,11-13,15H,3-4,7-8,10H2,1-2H3,(H,19,21)/t11-,12-,13-,15-/m0/s1. The lowest BCUT2D eigenvalue weighted by Crippen LogP contribution is -2.42. The van der Waals surface area contributed by atoms with Crippen molar-refractivity contribution in [3.63, 3.8) is 0 Å². The van der Waals surface area contributed by atoms with Crippen LogP contribution in [0.5, 0.6) is 0 Å². The molecular weight excluding hydrogens is 308 g/mol. The van der Waals surface area contributed by atoms with Crippen LogP contribution in [0.3, 0.4) is 0 Å². The molecule has 2 aliphatic carbocycles. The van der Waals surface area contributed by atoms with Crippen molar-refractivity contribution >= 4 is 11.9 Å². The lowest BCUT2D eigenvalue weighted by molar-refractivity contribution is -0.125. The highest BCUT2D eigenvalue weighted by molar-refractivity contribution is 5.91. The third kappa shape index (κ3) is 3.52. The van der Waals surface area contributed by atoms with E-state index in [1.54, 1.807) is 7.05 Å². The summed E-state index contributed by atoms with van der Waals surface area (Å²) in [5, 5.41) is 2.95. The van der Waals surface area contributed by atoms with Gasteiger partial charge in [-0.15, -0.1) is 0 Å². The number of esters is 1. The minimum atomic E-state index is -0.657. The molecular formula is C18H24N2O4. The van der Waals surface area contributed by atoms with Crippen molar-refractivity contribution in [1.29, 1.82) is 0 Å². The summed E-state index contributed by atoms with van der Waals surface area (Å²) in [4.78, 5) is 35.4. The molecule has 1 aromatic rings. The maximum absolute atomic E-state index is 12.0. The highest BCUT2D eigenvalue weighted by atomic mass is 16.5. The SMILES string of the molecule is C[C@H](NC(=O)COC(=O)c1ccn(C)c(=O)c1)[C@@H]1C[C@H]2CC[C@H]1C2. The van der Waals surface area contributed by atoms with Crippen LogP contribution in [-0.2, 0) is 16.6 Å². The Labute approximate surface area is 141 Å². The van der Waals surface area contributed by atoms with E-state index in [9.17, 15) is 14.4 Å². The highest BCUT2D eigenvalue weighted by Gasteiger charge is 2.42. The number of fused-ring (bicyclic) bond motifs is 2. The van der Waals surface area contributed by atoms with Crippen molar-refractivity contribution in [2.45, 2.75) is 38.6 Å². The van der Waals surface area contributed by atoms with Gasteiger partial charge in [-0.05, 0) is 50.0 Å². The number of hydrogen-bond acceptors (Lipinski definition) is 4. The second kappa shape index (κ2) is 6.79. The second-order valence-corrected chi connectivity index (χ2v) is 7.14. The van der Waals surface area contributed by atoms with Crippen LogP contribution in [0.2, 0.25) is 0 Å². The van der Waals surface area contributed by atoms with E-state index in [4.69, 9.17) is 4.74 Å². The van der Waals surface area contributed by atoms with Crippen molar-refractivity contribution in [1.82, 2.24) is 9.88 Å². The molecule has 2 fully saturated rings. The number of carbonyl (C=O) groups is 2. The van der Waals surface area contributed by atoms with Crippen molar-refractivity contribution in [2.75, 3.05) is 6.61 Å². The third-order valence-corrected chi connectivity index (χ3v) is 5.50. The number of carbonyl (C=O) groups excluding carboxylic acids is 2. The fraction of sp³-hybridized carbons (Fsp3) is 0.611. The van der Waals surface area contributed by atoms with Crippen molar-refractivity contribution in [2.24, 2.45) is 24.8 Å². The van der Waals surface area contributed by atoms with Crippen LogP contribution in [0.15, 0.2) is 23.1 Å². The lowest BCUT2D eigenvalue weighted by Gasteiger charge is -2.28. The summed E-state index contributed by atoms with van der Waals surface area (Å²) < 4.78 is 6.37. The Kier molecular flexibility index (Phi) is 4.73. The maximum atomic E-state index is 12.0. The first-order chi connectivity index (χ1) is 11.4. The Morgan fingerprint density at radius 3 is 2.79 bits per heavy atom. The zero-order valence-electron chi connectivity index (χ0n) is 14.2. The molecule has 1 heterocycles. The summed E-state index contributed by atoms with van der Waals surface area (Å²) in [6.45, 7) is 1.71. The van der Waals surface area contributed by atoms with Gasteiger partial charge < -0.3 is 14.6 Å². The summed E-state index contributed by atoms with van der Waals surface area (Å²) in [5.41, 5.74) is -0.133. The molecule has 2 aliphatic rings. The topological polar surface area (TPSA) is 77.4 Å². The number of amides is 1. The molecule has 1 amide bonds. The third-order valence-electron chi connectivity index (χ3n) is 5.50. The average molecular weight is 332 g/mol. The second-order valence-electron chi connectivity index (χ2n) is 7.14. The molecule has 4 atom stereocenters. The number of rotatable bonds is 5. The van der Waals surface area contributed by atoms with Crippen LogP contribution in [0.25, 0.3) is 0 Å². The van der Waals surface area contributed by atoms with E-state index in [-0.39, 0.29) is 29.7 Å².